The maximum Gasteiger partial charge on any atom is 0.0355 e. The van der Waals surface area contributed by atoms with Crippen LogP contribution in [-0.4, -0.2) is 61.2 Å². The molecule has 3 atom stereocenters. The zero-order chi connectivity index (χ0) is 17.6. The predicted molar refractivity (Wildman–Crippen MR) is 106 cm³/mol. The number of nitrogens with one attached hydrogen (secondary N) is 2. The lowest BCUT2D eigenvalue weighted by Crippen LogP contribution is -2.50. The van der Waals surface area contributed by atoms with Gasteiger partial charge >= 0.3 is 0 Å². The average molecular weight is 345 g/mol. The van der Waals surface area contributed by atoms with Crippen molar-refractivity contribution in [3.05, 3.63) is 35.9 Å². The summed E-state index contributed by atoms with van der Waals surface area (Å²) in [5.74, 6) is 0.704. The van der Waals surface area contributed by atoms with Crippen LogP contribution in [0.5, 0.6) is 0 Å². The maximum absolute atomic E-state index is 3.52. The Hall–Kier alpha value is -0.940. The fraction of sp³-hybridized carbons (Fsp3) is 0.714. The second-order valence-electron chi connectivity index (χ2n) is 8.34. The molecule has 140 valence electrons. The lowest BCUT2D eigenvalue weighted by atomic mass is 9.98. The van der Waals surface area contributed by atoms with Crippen LogP contribution in [0.3, 0.4) is 0 Å². The average Bonchev–Trinajstić information content (AvgIpc) is 3.09. The predicted octanol–water partition coefficient (Wildman–Crippen LogP) is 2.52. The number of likely N-dealkylation sites (N-methyl/N-ethyl adjacent to an activating group) is 1. The third-order valence-corrected chi connectivity index (χ3v) is 5.99. The molecule has 2 N–H and O–H groups in total. The van der Waals surface area contributed by atoms with E-state index in [0.717, 1.165) is 13.0 Å². The van der Waals surface area contributed by atoms with Gasteiger partial charge in [-0.05, 0) is 50.8 Å². The molecule has 4 nitrogen and oxygen atoms in total. The summed E-state index contributed by atoms with van der Waals surface area (Å²) >= 11 is 0. The van der Waals surface area contributed by atoms with Crippen molar-refractivity contribution in [1.29, 1.82) is 0 Å². The van der Waals surface area contributed by atoms with Crippen molar-refractivity contribution in [3.63, 3.8) is 0 Å². The summed E-state index contributed by atoms with van der Waals surface area (Å²) in [7, 11) is 2.31. The highest BCUT2D eigenvalue weighted by Crippen LogP contribution is 2.19. The summed E-state index contributed by atoms with van der Waals surface area (Å²) in [6.45, 7) is 9.42. The minimum absolute atomic E-state index is 0.598. The first-order valence-corrected chi connectivity index (χ1v) is 10.1. The Morgan fingerprint density at radius 2 is 2.00 bits per heavy atom. The highest BCUT2D eigenvalue weighted by atomic mass is 15.4. The van der Waals surface area contributed by atoms with Gasteiger partial charge in [-0.1, -0.05) is 44.2 Å². The zero-order valence-corrected chi connectivity index (χ0v) is 16.2. The molecule has 2 heterocycles. The Morgan fingerprint density at radius 1 is 1.20 bits per heavy atom. The Bertz CT molecular complexity index is 504. The molecule has 0 bridgehead atoms. The highest BCUT2D eigenvalue weighted by Gasteiger charge is 2.29. The van der Waals surface area contributed by atoms with Gasteiger partial charge in [0.05, 0.1) is 0 Å². The lowest BCUT2D eigenvalue weighted by molar-refractivity contribution is 0.110. The van der Waals surface area contributed by atoms with E-state index in [-0.39, 0.29) is 0 Å². The Balaban J connectivity index is 1.43. The van der Waals surface area contributed by atoms with Crippen LogP contribution in [0.15, 0.2) is 30.3 Å². The van der Waals surface area contributed by atoms with Gasteiger partial charge in [0.1, 0.15) is 0 Å². The smallest absolute Gasteiger partial charge is 0.0355 e. The summed E-state index contributed by atoms with van der Waals surface area (Å²) in [5.41, 5.74) is 8.45. The normalized spacial score (nSPS) is 28.1. The maximum atomic E-state index is 3.52. The third-order valence-electron chi connectivity index (χ3n) is 5.99. The summed E-state index contributed by atoms with van der Waals surface area (Å²) in [6.07, 6.45) is 5.07. The van der Waals surface area contributed by atoms with Crippen LogP contribution in [0, 0.1) is 5.92 Å². The van der Waals surface area contributed by atoms with E-state index in [4.69, 9.17) is 0 Å². The molecule has 2 saturated heterocycles. The molecule has 0 spiro atoms. The first kappa shape index (κ1) is 18.8. The van der Waals surface area contributed by atoms with Crippen LogP contribution in [-0.2, 0) is 6.42 Å². The van der Waals surface area contributed by atoms with E-state index in [2.05, 4.69) is 71.9 Å². The van der Waals surface area contributed by atoms with Gasteiger partial charge in [-0.3, -0.25) is 10.9 Å². The van der Waals surface area contributed by atoms with Gasteiger partial charge in [0, 0.05) is 37.8 Å². The quantitative estimate of drug-likeness (QED) is 0.796. The topological polar surface area (TPSA) is 30.5 Å². The van der Waals surface area contributed by atoms with Gasteiger partial charge in [0.15, 0.2) is 0 Å². The van der Waals surface area contributed by atoms with Crippen molar-refractivity contribution in [2.75, 3.05) is 33.2 Å². The van der Waals surface area contributed by atoms with Gasteiger partial charge in [0.2, 0.25) is 0 Å². The van der Waals surface area contributed by atoms with Gasteiger partial charge in [0.25, 0.3) is 0 Å². The van der Waals surface area contributed by atoms with E-state index < -0.39 is 0 Å². The SMILES string of the molecule is CC(C)C1CC(CN2CCCC(N(C)CCc3ccccc3)C2)NN1. The minimum Gasteiger partial charge on any atom is -0.302 e. The number of hydrogen-bond acceptors (Lipinski definition) is 4. The van der Waals surface area contributed by atoms with Crippen LogP contribution in [0.2, 0.25) is 0 Å². The molecule has 2 fully saturated rings. The van der Waals surface area contributed by atoms with Crippen molar-refractivity contribution < 1.29 is 0 Å². The van der Waals surface area contributed by atoms with Gasteiger partial charge in [-0.25, -0.2) is 0 Å². The fourth-order valence-corrected chi connectivity index (χ4v) is 4.21. The van der Waals surface area contributed by atoms with E-state index in [1.807, 2.05) is 0 Å². The van der Waals surface area contributed by atoms with Crippen LogP contribution >= 0.6 is 0 Å². The van der Waals surface area contributed by atoms with Crippen LogP contribution in [0.1, 0.15) is 38.7 Å². The molecule has 4 heteroatoms. The number of hydrazine groups is 1. The van der Waals surface area contributed by atoms with E-state index >= 15 is 0 Å². The monoisotopic (exact) mass is 344 g/mol. The number of rotatable bonds is 7. The van der Waals surface area contributed by atoms with Crippen molar-refractivity contribution in [3.8, 4) is 0 Å². The molecule has 1 aromatic carbocycles. The van der Waals surface area contributed by atoms with Gasteiger partial charge in [-0.2, -0.15) is 0 Å². The van der Waals surface area contributed by atoms with Crippen LogP contribution in [0.4, 0.5) is 0 Å². The number of benzene rings is 1. The molecule has 0 saturated carbocycles. The molecule has 2 aliphatic rings. The molecule has 3 rings (SSSR count). The first-order chi connectivity index (χ1) is 12.1. The molecular weight excluding hydrogens is 308 g/mol. The van der Waals surface area contributed by atoms with Gasteiger partial charge < -0.3 is 9.80 Å². The van der Waals surface area contributed by atoms with E-state index in [1.54, 1.807) is 0 Å². The summed E-state index contributed by atoms with van der Waals surface area (Å²) in [6, 6.07) is 12.8. The van der Waals surface area contributed by atoms with Crippen molar-refractivity contribution >= 4 is 0 Å². The molecule has 0 radical (unpaired) electrons. The minimum atomic E-state index is 0.598. The molecule has 0 amide bonds. The zero-order valence-electron chi connectivity index (χ0n) is 16.2. The van der Waals surface area contributed by atoms with Crippen LogP contribution in [0.25, 0.3) is 0 Å². The molecule has 0 aromatic heterocycles. The third kappa shape index (κ3) is 5.52. The Kier molecular flexibility index (Phi) is 6.88. The van der Waals surface area contributed by atoms with E-state index in [0.29, 0.717) is 24.0 Å². The van der Waals surface area contributed by atoms with Crippen molar-refractivity contribution in [2.45, 2.75) is 57.7 Å². The molecular formula is C21H36N4. The van der Waals surface area contributed by atoms with Crippen LogP contribution < -0.4 is 10.9 Å². The van der Waals surface area contributed by atoms with Gasteiger partial charge in [-0.15, -0.1) is 0 Å². The van der Waals surface area contributed by atoms with E-state index in [1.165, 1.54) is 44.5 Å². The van der Waals surface area contributed by atoms with Crippen molar-refractivity contribution in [2.24, 2.45) is 5.92 Å². The number of hydrogen-bond donors (Lipinski definition) is 2. The summed E-state index contributed by atoms with van der Waals surface area (Å²) in [4.78, 5) is 5.26. The second-order valence-corrected chi connectivity index (χ2v) is 8.34. The lowest BCUT2D eigenvalue weighted by Gasteiger charge is -2.38. The number of piperidine rings is 1. The molecule has 2 aliphatic heterocycles. The molecule has 25 heavy (non-hydrogen) atoms. The first-order valence-electron chi connectivity index (χ1n) is 10.1. The largest absolute Gasteiger partial charge is 0.302 e. The molecule has 1 aromatic rings. The summed E-state index contributed by atoms with van der Waals surface area (Å²) < 4.78 is 0. The standard InChI is InChI=1S/C21H36N4/c1-17(2)21-14-19(22-23-21)15-25-12-7-10-20(16-25)24(3)13-11-18-8-5-4-6-9-18/h4-6,8-9,17,19-23H,7,10-16H2,1-3H3. The Labute approximate surface area is 153 Å². The van der Waals surface area contributed by atoms with Crippen molar-refractivity contribution in [1.82, 2.24) is 20.7 Å². The van der Waals surface area contributed by atoms with E-state index in [9.17, 15) is 0 Å². The number of nitrogens with zero attached hydrogens (tertiary/aromatic N) is 2. The highest BCUT2D eigenvalue weighted by molar-refractivity contribution is 5.14. The molecule has 0 aliphatic carbocycles. The summed E-state index contributed by atoms with van der Waals surface area (Å²) in [5, 5.41) is 0. The second kappa shape index (κ2) is 9.13. The Morgan fingerprint density at radius 3 is 2.72 bits per heavy atom. The number of likely N-dealkylation sites (tertiary alicyclic amines) is 1. The molecule has 3 unspecified atom stereocenters. The fourth-order valence-electron chi connectivity index (χ4n) is 4.21.